The van der Waals surface area contributed by atoms with Crippen molar-refractivity contribution in [2.45, 2.75) is 11.3 Å². The summed E-state index contributed by atoms with van der Waals surface area (Å²) in [6.07, 6.45) is 0.550. The Bertz CT molecular complexity index is 763. The van der Waals surface area contributed by atoms with Gasteiger partial charge in [-0.15, -0.1) is 0 Å². The lowest BCUT2D eigenvalue weighted by Crippen LogP contribution is -2.26. The molecule has 0 saturated heterocycles. The van der Waals surface area contributed by atoms with E-state index in [1.54, 1.807) is 25.3 Å². The van der Waals surface area contributed by atoms with Crippen LogP contribution in [-0.2, 0) is 16.4 Å². The summed E-state index contributed by atoms with van der Waals surface area (Å²) in [6, 6.07) is 12.6. The Balaban J connectivity index is 2.09. The van der Waals surface area contributed by atoms with Crippen LogP contribution in [0.3, 0.4) is 0 Å². The Morgan fingerprint density at radius 1 is 1.14 bits per heavy atom. The van der Waals surface area contributed by atoms with Crippen LogP contribution in [0.5, 0.6) is 5.75 Å². The normalized spacial score (nSPS) is 11.4. The highest BCUT2D eigenvalue weighted by Gasteiger charge is 2.17. The van der Waals surface area contributed by atoms with Crippen LogP contribution in [0.25, 0.3) is 0 Å². The van der Waals surface area contributed by atoms with E-state index in [2.05, 4.69) is 36.6 Å². The molecule has 2 rings (SSSR count). The topological polar surface area (TPSA) is 55.4 Å². The minimum atomic E-state index is -3.57. The molecule has 0 fully saturated rings. The molecule has 0 spiro atoms. The molecule has 7 heteroatoms. The van der Waals surface area contributed by atoms with E-state index in [0.29, 0.717) is 21.9 Å². The average molecular weight is 449 g/mol. The number of halogens is 2. The number of nitrogens with one attached hydrogen (secondary N) is 1. The van der Waals surface area contributed by atoms with E-state index >= 15 is 0 Å². The highest BCUT2D eigenvalue weighted by atomic mass is 79.9. The Labute approximate surface area is 147 Å². The zero-order valence-electron chi connectivity index (χ0n) is 11.8. The molecule has 0 aliphatic heterocycles. The lowest BCUT2D eigenvalue weighted by atomic mass is 10.1. The Morgan fingerprint density at radius 3 is 2.59 bits per heavy atom. The first kappa shape index (κ1) is 17.5. The van der Waals surface area contributed by atoms with Gasteiger partial charge in [-0.3, -0.25) is 0 Å². The van der Waals surface area contributed by atoms with Gasteiger partial charge in [-0.2, -0.15) is 0 Å². The number of benzene rings is 2. The van der Waals surface area contributed by atoms with Gasteiger partial charge in [0, 0.05) is 15.5 Å². The fraction of sp³-hybridized carbons (Fsp3) is 0.200. The summed E-state index contributed by atoms with van der Waals surface area (Å²) in [5, 5.41) is 0. The van der Waals surface area contributed by atoms with Crippen molar-refractivity contribution in [2.24, 2.45) is 0 Å². The first-order valence-corrected chi connectivity index (χ1v) is 9.57. The molecule has 118 valence electrons. The highest BCUT2D eigenvalue weighted by Crippen LogP contribution is 2.25. The molecule has 0 atom stereocenters. The fourth-order valence-electron chi connectivity index (χ4n) is 1.99. The minimum absolute atomic E-state index is 0.210. The van der Waals surface area contributed by atoms with Crippen molar-refractivity contribution >= 4 is 41.9 Å². The summed E-state index contributed by atoms with van der Waals surface area (Å²) in [4.78, 5) is 0.210. The van der Waals surface area contributed by atoms with Gasteiger partial charge in [0.1, 0.15) is 5.75 Å². The van der Waals surface area contributed by atoms with E-state index < -0.39 is 10.0 Å². The summed E-state index contributed by atoms with van der Waals surface area (Å²) in [7, 11) is -1.97. The van der Waals surface area contributed by atoms with Crippen LogP contribution >= 0.6 is 31.9 Å². The van der Waals surface area contributed by atoms with Crippen LogP contribution in [0.15, 0.2) is 56.3 Å². The largest absolute Gasteiger partial charge is 0.496 e. The van der Waals surface area contributed by atoms with Crippen molar-refractivity contribution in [3.8, 4) is 5.75 Å². The van der Waals surface area contributed by atoms with E-state index in [4.69, 9.17) is 4.74 Å². The molecule has 2 aromatic carbocycles. The average Bonchev–Trinajstić information content (AvgIpc) is 2.50. The summed E-state index contributed by atoms with van der Waals surface area (Å²) in [5.74, 6) is 0.755. The van der Waals surface area contributed by atoms with Crippen molar-refractivity contribution in [3.63, 3.8) is 0 Å². The maximum atomic E-state index is 12.4. The molecule has 0 heterocycles. The smallest absolute Gasteiger partial charge is 0.241 e. The third kappa shape index (κ3) is 4.32. The minimum Gasteiger partial charge on any atom is -0.496 e. The first-order chi connectivity index (χ1) is 10.4. The van der Waals surface area contributed by atoms with Crippen molar-refractivity contribution in [2.75, 3.05) is 13.7 Å². The van der Waals surface area contributed by atoms with Crippen LogP contribution in [0.2, 0.25) is 0 Å². The van der Waals surface area contributed by atoms with E-state index in [-0.39, 0.29) is 4.90 Å². The standard InChI is InChI=1S/C15H15Br2NO3S/c1-21-14-5-3-2-4-11(14)8-9-18-22(19,20)15-10-12(16)6-7-13(15)17/h2-7,10,18H,8-9H2,1H3. The number of sulfonamides is 1. The van der Waals surface area contributed by atoms with Crippen LogP contribution in [-0.4, -0.2) is 22.1 Å². The van der Waals surface area contributed by atoms with E-state index in [1.807, 2.05) is 24.3 Å². The third-order valence-corrected chi connectivity index (χ3v) is 6.01. The number of hydrogen-bond acceptors (Lipinski definition) is 3. The second-order valence-electron chi connectivity index (χ2n) is 4.53. The molecule has 0 aromatic heterocycles. The molecule has 2 aromatic rings. The maximum Gasteiger partial charge on any atom is 0.241 e. The lowest BCUT2D eigenvalue weighted by Gasteiger charge is -2.11. The summed E-state index contributed by atoms with van der Waals surface area (Å²) < 4.78 is 33.8. The van der Waals surface area contributed by atoms with E-state index in [1.165, 1.54) is 0 Å². The molecule has 0 radical (unpaired) electrons. The number of hydrogen-bond donors (Lipinski definition) is 1. The molecular formula is C15H15Br2NO3S. The Hall–Kier alpha value is -0.890. The third-order valence-electron chi connectivity index (χ3n) is 3.06. The van der Waals surface area contributed by atoms with Gasteiger partial charge in [-0.25, -0.2) is 13.1 Å². The summed E-state index contributed by atoms with van der Waals surface area (Å²) >= 11 is 6.55. The van der Waals surface area contributed by atoms with Gasteiger partial charge in [0.2, 0.25) is 10.0 Å². The maximum absolute atomic E-state index is 12.4. The molecule has 0 saturated carbocycles. The molecule has 4 nitrogen and oxygen atoms in total. The van der Waals surface area contributed by atoms with Gasteiger partial charge >= 0.3 is 0 Å². The second kappa shape index (κ2) is 7.59. The van der Waals surface area contributed by atoms with E-state index in [9.17, 15) is 8.42 Å². The van der Waals surface area contributed by atoms with Gasteiger partial charge in [0.25, 0.3) is 0 Å². The van der Waals surface area contributed by atoms with Crippen LogP contribution < -0.4 is 9.46 Å². The molecule has 0 bridgehead atoms. The molecule has 0 unspecified atom stereocenters. The predicted molar refractivity (Wildman–Crippen MR) is 93.7 cm³/mol. The zero-order valence-corrected chi connectivity index (χ0v) is 15.8. The SMILES string of the molecule is COc1ccccc1CCNS(=O)(=O)c1cc(Br)ccc1Br. The van der Waals surface area contributed by atoms with Crippen molar-refractivity contribution in [3.05, 3.63) is 57.0 Å². The lowest BCUT2D eigenvalue weighted by molar-refractivity contribution is 0.409. The molecule has 1 N–H and O–H groups in total. The summed E-state index contributed by atoms with van der Waals surface area (Å²) in [6.45, 7) is 0.293. The number of ether oxygens (including phenoxy) is 1. The highest BCUT2D eigenvalue weighted by molar-refractivity contribution is 9.11. The van der Waals surface area contributed by atoms with Crippen LogP contribution in [0.1, 0.15) is 5.56 Å². The molecular weight excluding hydrogens is 434 g/mol. The van der Waals surface area contributed by atoms with E-state index in [0.717, 1.165) is 11.3 Å². The number of rotatable bonds is 6. The second-order valence-corrected chi connectivity index (χ2v) is 8.04. The van der Waals surface area contributed by atoms with Crippen molar-refractivity contribution in [1.29, 1.82) is 0 Å². The van der Waals surface area contributed by atoms with Gasteiger partial charge in [-0.1, -0.05) is 34.1 Å². The Morgan fingerprint density at radius 2 is 1.86 bits per heavy atom. The molecule has 0 amide bonds. The van der Waals surface area contributed by atoms with Crippen LogP contribution in [0.4, 0.5) is 0 Å². The van der Waals surface area contributed by atoms with Gasteiger partial charge in [0.05, 0.1) is 12.0 Å². The van der Waals surface area contributed by atoms with Gasteiger partial charge < -0.3 is 4.74 Å². The number of methoxy groups -OCH3 is 1. The Kier molecular flexibility index (Phi) is 6.02. The number of para-hydroxylation sites is 1. The van der Waals surface area contributed by atoms with Crippen molar-refractivity contribution < 1.29 is 13.2 Å². The molecule has 0 aliphatic rings. The van der Waals surface area contributed by atoms with Gasteiger partial charge in [-0.05, 0) is 52.2 Å². The monoisotopic (exact) mass is 447 g/mol. The predicted octanol–water partition coefficient (Wildman–Crippen LogP) is 3.74. The molecule has 0 aliphatic carbocycles. The van der Waals surface area contributed by atoms with Crippen molar-refractivity contribution in [1.82, 2.24) is 4.72 Å². The first-order valence-electron chi connectivity index (χ1n) is 6.50. The summed E-state index contributed by atoms with van der Waals surface area (Å²) in [5.41, 5.74) is 0.959. The van der Waals surface area contributed by atoms with Gasteiger partial charge in [0.15, 0.2) is 0 Å². The molecule has 22 heavy (non-hydrogen) atoms. The zero-order chi connectivity index (χ0) is 16.2. The fourth-order valence-corrected chi connectivity index (χ4v) is 4.52. The quantitative estimate of drug-likeness (QED) is 0.732. The van der Waals surface area contributed by atoms with Crippen LogP contribution in [0, 0.1) is 0 Å².